The van der Waals surface area contributed by atoms with Gasteiger partial charge in [0.2, 0.25) is 0 Å². The molecule has 1 aromatic carbocycles. The van der Waals surface area contributed by atoms with Gasteiger partial charge in [-0.05, 0) is 29.8 Å². The van der Waals surface area contributed by atoms with Crippen molar-refractivity contribution >= 4 is 5.65 Å². The summed E-state index contributed by atoms with van der Waals surface area (Å²) in [5.41, 5.74) is 2.40. The van der Waals surface area contributed by atoms with Gasteiger partial charge in [-0.3, -0.25) is 0 Å². The molecule has 0 radical (unpaired) electrons. The van der Waals surface area contributed by atoms with Gasteiger partial charge in [-0.15, -0.1) is 0 Å². The summed E-state index contributed by atoms with van der Waals surface area (Å²) in [4.78, 5) is 4.25. The first-order valence-corrected chi connectivity index (χ1v) is 5.90. The van der Waals surface area contributed by atoms with E-state index in [1.165, 1.54) is 0 Å². The standard InChI is InChI=1S/C15H11N3O/c16-10-12-3-1-4-13(9-12)11-19-14-5-2-7-18-8-6-17-15(14)18/h1-9H,11H2. The SMILES string of the molecule is N#Cc1cccc(COc2cccn3ccnc23)c1. The number of aromatic nitrogens is 2. The molecule has 0 saturated heterocycles. The van der Waals surface area contributed by atoms with Crippen molar-refractivity contribution in [2.75, 3.05) is 0 Å². The largest absolute Gasteiger partial charge is 0.485 e. The number of benzene rings is 1. The highest BCUT2D eigenvalue weighted by atomic mass is 16.5. The maximum atomic E-state index is 8.86. The van der Waals surface area contributed by atoms with E-state index in [4.69, 9.17) is 10.00 Å². The van der Waals surface area contributed by atoms with Gasteiger partial charge in [0, 0.05) is 18.6 Å². The molecule has 3 aromatic rings. The summed E-state index contributed by atoms with van der Waals surface area (Å²) in [6, 6.07) is 13.3. The molecule has 19 heavy (non-hydrogen) atoms. The molecule has 0 saturated carbocycles. The van der Waals surface area contributed by atoms with Crippen LogP contribution in [0.3, 0.4) is 0 Å². The summed E-state index contributed by atoms with van der Waals surface area (Å²) in [5.74, 6) is 0.731. The van der Waals surface area contributed by atoms with Gasteiger partial charge in [0.15, 0.2) is 11.4 Å². The van der Waals surface area contributed by atoms with Gasteiger partial charge in [-0.25, -0.2) is 4.98 Å². The predicted octanol–water partition coefficient (Wildman–Crippen LogP) is 2.78. The van der Waals surface area contributed by atoms with Crippen LogP contribution in [-0.4, -0.2) is 9.38 Å². The number of rotatable bonds is 3. The first kappa shape index (κ1) is 11.3. The maximum Gasteiger partial charge on any atom is 0.179 e. The number of hydrogen-bond donors (Lipinski definition) is 0. The van der Waals surface area contributed by atoms with Crippen LogP contribution in [0.5, 0.6) is 5.75 Å². The smallest absolute Gasteiger partial charge is 0.179 e. The van der Waals surface area contributed by atoms with E-state index in [0.29, 0.717) is 12.2 Å². The van der Waals surface area contributed by atoms with Crippen molar-refractivity contribution in [1.82, 2.24) is 9.38 Å². The molecule has 2 aromatic heterocycles. The minimum Gasteiger partial charge on any atom is -0.485 e. The summed E-state index contributed by atoms with van der Waals surface area (Å²) in [7, 11) is 0. The first-order chi connectivity index (χ1) is 9.36. The molecule has 0 amide bonds. The number of ether oxygens (including phenoxy) is 1. The Morgan fingerprint density at radius 1 is 1.21 bits per heavy atom. The van der Waals surface area contributed by atoms with E-state index >= 15 is 0 Å². The third-order valence-electron chi connectivity index (χ3n) is 2.83. The molecule has 0 aliphatic rings. The lowest BCUT2D eigenvalue weighted by Crippen LogP contribution is -1.98. The van der Waals surface area contributed by atoms with Gasteiger partial charge >= 0.3 is 0 Å². The van der Waals surface area contributed by atoms with E-state index in [1.54, 1.807) is 12.3 Å². The lowest BCUT2D eigenvalue weighted by Gasteiger charge is -2.07. The Bertz CT molecular complexity index is 755. The highest BCUT2D eigenvalue weighted by molar-refractivity contribution is 5.53. The fraction of sp³-hybridized carbons (Fsp3) is 0.0667. The Kier molecular flexibility index (Phi) is 2.87. The minimum atomic E-state index is 0.419. The second-order valence-electron chi connectivity index (χ2n) is 4.13. The highest BCUT2D eigenvalue weighted by Gasteiger charge is 2.03. The van der Waals surface area contributed by atoms with Crippen LogP contribution in [-0.2, 0) is 6.61 Å². The van der Waals surface area contributed by atoms with Crippen LogP contribution < -0.4 is 4.74 Å². The number of pyridine rings is 1. The van der Waals surface area contributed by atoms with Crippen LogP contribution in [0.4, 0.5) is 0 Å². The fourth-order valence-electron chi connectivity index (χ4n) is 1.93. The molecule has 0 spiro atoms. The molecule has 4 nitrogen and oxygen atoms in total. The summed E-state index contributed by atoms with van der Waals surface area (Å²) < 4.78 is 7.67. The van der Waals surface area contributed by atoms with Crippen LogP contribution >= 0.6 is 0 Å². The zero-order valence-electron chi connectivity index (χ0n) is 10.2. The molecule has 0 bridgehead atoms. The van der Waals surface area contributed by atoms with Crippen molar-refractivity contribution in [3.63, 3.8) is 0 Å². The Morgan fingerprint density at radius 2 is 2.16 bits per heavy atom. The molecule has 92 valence electrons. The normalized spacial score (nSPS) is 10.3. The molecule has 0 aliphatic heterocycles. The summed E-state index contributed by atoms with van der Waals surface area (Å²) in [6.07, 6.45) is 5.53. The maximum absolute atomic E-state index is 8.86. The molecular formula is C15H11N3O. The number of nitrogens with zero attached hydrogens (tertiary/aromatic N) is 3. The molecule has 0 unspecified atom stereocenters. The molecule has 0 atom stereocenters. The monoisotopic (exact) mass is 249 g/mol. The van der Waals surface area contributed by atoms with Gasteiger partial charge in [0.1, 0.15) is 6.61 Å². The Hall–Kier alpha value is -2.80. The quantitative estimate of drug-likeness (QED) is 0.717. The van der Waals surface area contributed by atoms with E-state index in [2.05, 4.69) is 11.1 Å². The van der Waals surface area contributed by atoms with E-state index in [-0.39, 0.29) is 0 Å². The average molecular weight is 249 g/mol. The van der Waals surface area contributed by atoms with Gasteiger partial charge in [0.05, 0.1) is 11.6 Å². The molecular weight excluding hydrogens is 238 g/mol. The second-order valence-corrected chi connectivity index (χ2v) is 4.13. The fourth-order valence-corrected chi connectivity index (χ4v) is 1.93. The van der Waals surface area contributed by atoms with Crippen molar-refractivity contribution in [1.29, 1.82) is 5.26 Å². The Balaban J connectivity index is 1.82. The van der Waals surface area contributed by atoms with Crippen molar-refractivity contribution in [3.8, 4) is 11.8 Å². The van der Waals surface area contributed by atoms with Gasteiger partial charge in [-0.2, -0.15) is 5.26 Å². The van der Waals surface area contributed by atoms with Gasteiger partial charge in [0.25, 0.3) is 0 Å². The van der Waals surface area contributed by atoms with E-state index < -0.39 is 0 Å². The van der Waals surface area contributed by atoms with Crippen LogP contribution in [0.2, 0.25) is 0 Å². The lowest BCUT2D eigenvalue weighted by atomic mass is 10.1. The lowest BCUT2D eigenvalue weighted by molar-refractivity contribution is 0.308. The van der Waals surface area contributed by atoms with E-state index in [9.17, 15) is 0 Å². The van der Waals surface area contributed by atoms with Gasteiger partial charge < -0.3 is 9.14 Å². The molecule has 0 fully saturated rings. The Morgan fingerprint density at radius 3 is 3.05 bits per heavy atom. The van der Waals surface area contributed by atoms with Gasteiger partial charge in [-0.1, -0.05) is 12.1 Å². The van der Waals surface area contributed by atoms with Crippen LogP contribution in [0.25, 0.3) is 5.65 Å². The number of imidazole rings is 1. The second kappa shape index (κ2) is 4.83. The van der Waals surface area contributed by atoms with Crippen LogP contribution in [0.15, 0.2) is 55.0 Å². The number of nitriles is 1. The minimum absolute atomic E-state index is 0.419. The van der Waals surface area contributed by atoms with E-state index in [1.807, 2.05) is 47.1 Å². The third-order valence-corrected chi connectivity index (χ3v) is 2.83. The molecule has 4 heteroatoms. The van der Waals surface area contributed by atoms with Crippen molar-refractivity contribution in [2.45, 2.75) is 6.61 Å². The van der Waals surface area contributed by atoms with E-state index in [0.717, 1.165) is 17.0 Å². The molecule has 2 heterocycles. The molecule has 0 aliphatic carbocycles. The third kappa shape index (κ3) is 2.26. The van der Waals surface area contributed by atoms with Crippen molar-refractivity contribution in [3.05, 3.63) is 66.1 Å². The van der Waals surface area contributed by atoms with Crippen molar-refractivity contribution < 1.29 is 4.74 Å². The molecule has 0 N–H and O–H groups in total. The zero-order valence-corrected chi connectivity index (χ0v) is 10.2. The summed E-state index contributed by atoms with van der Waals surface area (Å²) >= 11 is 0. The highest BCUT2D eigenvalue weighted by Crippen LogP contribution is 2.18. The number of fused-ring (bicyclic) bond motifs is 1. The zero-order chi connectivity index (χ0) is 13.1. The average Bonchev–Trinajstić information content (AvgIpc) is 2.94. The summed E-state index contributed by atoms with van der Waals surface area (Å²) in [6.45, 7) is 0.419. The van der Waals surface area contributed by atoms with Crippen LogP contribution in [0.1, 0.15) is 11.1 Å². The first-order valence-electron chi connectivity index (χ1n) is 5.90. The van der Waals surface area contributed by atoms with Crippen molar-refractivity contribution in [2.24, 2.45) is 0 Å². The number of hydrogen-bond acceptors (Lipinski definition) is 3. The topological polar surface area (TPSA) is 50.3 Å². The Labute approximate surface area is 110 Å². The predicted molar refractivity (Wildman–Crippen MR) is 70.7 cm³/mol. The summed E-state index contributed by atoms with van der Waals surface area (Å²) in [5, 5.41) is 8.86. The molecule has 3 rings (SSSR count). The van der Waals surface area contributed by atoms with Crippen LogP contribution in [0, 0.1) is 11.3 Å².